The molecule has 1 aliphatic heterocycles. The number of methoxy groups -OCH3 is 2. The Bertz CT molecular complexity index is 989. The first-order chi connectivity index (χ1) is 14.8. The third-order valence-electron chi connectivity index (χ3n) is 5.47. The van der Waals surface area contributed by atoms with Crippen LogP contribution in [0.4, 0.5) is 5.69 Å². The van der Waals surface area contributed by atoms with Crippen LogP contribution in [0.15, 0.2) is 59.5 Å². The van der Waals surface area contributed by atoms with E-state index in [1.54, 1.807) is 26.2 Å². The predicted molar refractivity (Wildman–Crippen MR) is 126 cm³/mol. The highest BCUT2D eigenvalue weighted by Crippen LogP contribution is 2.32. The standard InChI is InChI=1S/C24H29N3O2S/c1-28-20-7-6-18-4-3-5-19(22(18)16-20)10-11-26-30-21-8-9-24(29-2)23(17-21)27-14-12-25-13-15-27/h3-9,16-17,25-26H,10-15H2,1-2H3. The summed E-state index contributed by atoms with van der Waals surface area (Å²) in [5.74, 6) is 1.84. The summed E-state index contributed by atoms with van der Waals surface area (Å²) in [6, 6.07) is 19.1. The van der Waals surface area contributed by atoms with Gasteiger partial charge in [0.25, 0.3) is 0 Å². The smallest absolute Gasteiger partial charge is 0.142 e. The van der Waals surface area contributed by atoms with Gasteiger partial charge in [0.2, 0.25) is 0 Å². The number of anilines is 1. The topological polar surface area (TPSA) is 45.8 Å². The highest BCUT2D eigenvalue weighted by Gasteiger charge is 2.15. The molecule has 0 amide bonds. The quantitative estimate of drug-likeness (QED) is 0.420. The van der Waals surface area contributed by atoms with Gasteiger partial charge in [0.15, 0.2) is 0 Å². The van der Waals surface area contributed by atoms with Gasteiger partial charge in [0.1, 0.15) is 11.5 Å². The normalized spacial score (nSPS) is 14.1. The van der Waals surface area contributed by atoms with Gasteiger partial charge < -0.3 is 19.7 Å². The summed E-state index contributed by atoms with van der Waals surface area (Å²) in [7, 11) is 3.46. The van der Waals surface area contributed by atoms with Crippen LogP contribution in [-0.2, 0) is 6.42 Å². The molecule has 4 rings (SSSR count). The second-order valence-electron chi connectivity index (χ2n) is 7.32. The zero-order chi connectivity index (χ0) is 20.8. The van der Waals surface area contributed by atoms with E-state index >= 15 is 0 Å². The Labute approximate surface area is 182 Å². The van der Waals surface area contributed by atoms with Crippen molar-refractivity contribution in [3.05, 3.63) is 60.2 Å². The number of fused-ring (bicyclic) bond motifs is 1. The number of piperazine rings is 1. The van der Waals surface area contributed by atoms with Crippen molar-refractivity contribution in [2.45, 2.75) is 11.3 Å². The maximum absolute atomic E-state index is 5.59. The largest absolute Gasteiger partial charge is 0.497 e. The highest BCUT2D eigenvalue weighted by molar-refractivity contribution is 7.97. The summed E-state index contributed by atoms with van der Waals surface area (Å²) in [6.07, 6.45) is 0.957. The fraction of sp³-hybridized carbons (Fsp3) is 0.333. The molecule has 158 valence electrons. The van der Waals surface area contributed by atoms with E-state index in [1.165, 1.54) is 26.9 Å². The lowest BCUT2D eigenvalue weighted by Gasteiger charge is -2.30. The molecule has 1 fully saturated rings. The third kappa shape index (κ3) is 4.83. The molecule has 5 nitrogen and oxygen atoms in total. The van der Waals surface area contributed by atoms with Gasteiger partial charge in [-0.25, -0.2) is 0 Å². The Balaban J connectivity index is 1.39. The van der Waals surface area contributed by atoms with E-state index in [4.69, 9.17) is 9.47 Å². The van der Waals surface area contributed by atoms with E-state index in [9.17, 15) is 0 Å². The summed E-state index contributed by atoms with van der Waals surface area (Å²) in [6.45, 7) is 4.91. The van der Waals surface area contributed by atoms with Gasteiger partial charge in [-0.3, -0.25) is 4.72 Å². The van der Waals surface area contributed by atoms with Crippen molar-refractivity contribution in [2.75, 3.05) is 51.8 Å². The van der Waals surface area contributed by atoms with E-state index in [2.05, 4.69) is 63.5 Å². The molecule has 6 heteroatoms. The zero-order valence-corrected chi connectivity index (χ0v) is 18.4. The van der Waals surface area contributed by atoms with Crippen LogP contribution in [-0.4, -0.2) is 46.9 Å². The summed E-state index contributed by atoms with van der Waals surface area (Å²) >= 11 is 1.68. The summed E-state index contributed by atoms with van der Waals surface area (Å²) in [4.78, 5) is 3.59. The number of hydrogen-bond donors (Lipinski definition) is 2. The van der Waals surface area contributed by atoms with Gasteiger partial charge in [0.05, 0.1) is 19.9 Å². The second kappa shape index (κ2) is 10.1. The Morgan fingerprint density at radius 2 is 1.87 bits per heavy atom. The van der Waals surface area contributed by atoms with E-state index in [0.29, 0.717) is 0 Å². The van der Waals surface area contributed by atoms with Crippen molar-refractivity contribution in [1.29, 1.82) is 0 Å². The van der Waals surface area contributed by atoms with Crippen LogP contribution in [0.3, 0.4) is 0 Å². The monoisotopic (exact) mass is 423 g/mol. The molecule has 0 unspecified atom stereocenters. The first kappa shape index (κ1) is 20.8. The van der Waals surface area contributed by atoms with Gasteiger partial charge in [-0.15, -0.1) is 0 Å². The van der Waals surface area contributed by atoms with Crippen molar-refractivity contribution in [3.8, 4) is 11.5 Å². The SMILES string of the molecule is COc1ccc2cccc(CCNSc3ccc(OC)c(N4CCNCC4)c3)c2c1. The average Bonchev–Trinajstić information content (AvgIpc) is 2.82. The molecule has 0 spiro atoms. The maximum Gasteiger partial charge on any atom is 0.142 e. The lowest BCUT2D eigenvalue weighted by atomic mass is 10.0. The maximum atomic E-state index is 5.59. The Hall–Kier alpha value is -2.41. The van der Waals surface area contributed by atoms with Crippen molar-refractivity contribution >= 4 is 28.4 Å². The summed E-state index contributed by atoms with van der Waals surface area (Å²) < 4.78 is 14.5. The van der Waals surface area contributed by atoms with Crippen molar-refractivity contribution in [2.24, 2.45) is 0 Å². The molecule has 1 heterocycles. The van der Waals surface area contributed by atoms with Crippen LogP contribution in [0.2, 0.25) is 0 Å². The minimum Gasteiger partial charge on any atom is -0.497 e. The zero-order valence-electron chi connectivity index (χ0n) is 17.6. The molecule has 0 atom stereocenters. The molecule has 0 saturated carbocycles. The Morgan fingerprint density at radius 3 is 2.67 bits per heavy atom. The lowest BCUT2D eigenvalue weighted by Crippen LogP contribution is -2.43. The molecule has 1 aliphatic rings. The molecule has 0 aromatic heterocycles. The van der Waals surface area contributed by atoms with Crippen LogP contribution >= 0.6 is 11.9 Å². The van der Waals surface area contributed by atoms with Crippen molar-refractivity contribution in [3.63, 3.8) is 0 Å². The third-order valence-corrected chi connectivity index (χ3v) is 6.31. The Morgan fingerprint density at radius 1 is 1.00 bits per heavy atom. The van der Waals surface area contributed by atoms with E-state index in [1.807, 2.05) is 6.07 Å². The fourth-order valence-corrected chi connectivity index (χ4v) is 4.55. The van der Waals surface area contributed by atoms with Gasteiger partial charge in [-0.05, 0) is 65.0 Å². The minimum absolute atomic E-state index is 0.885. The molecule has 1 saturated heterocycles. The number of benzene rings is 3. The number of nitrogens with zero attached hydrogens (tertiary/aromatic N) is 1. The first-order valence-corrected chi connectivity index (χ1v) is 11.2. The van der Waals surface area contributed by atoms with E-state index in [-0.39, 0.29) is 0 Å². The van der Waals surface area contributed by atoms with Crippen LogP contribution in [0.1, 0.15) is 5.56 Å². The molecular weight excluding hydrogens is 394 g/mol. The van der Waals surface area contributed by atoms with Crippen molar-refractivity contribution in [1.82, 2.24) is 10.0 Å². The molecule has 0 aliphatic carbocycles. The highest BCUT2D eigenvalue weighted by atomic mass is 32.2. The van der Waals surface area contributed by atoms with E-state index < -0.39 is 0 Å². The fourth-order valence-electron chi connectivity index (χ4n) is 3.87. The van der Waals surface area contributed by atoms with Gasteiger partial charge >= 0.3 is 0 Å². The first-order valence-electron chi connectivity index (χ1n) is 10.4. The molecule has 0 radical (unpaired) electrons. The summed E-state index contributed by atoms with van der Waals surface area (Å²) in [5, 5.41) is 5.91. The number of rotatable bonds is 8. The second-order valence-corrected chi connectivity index (χ2v) is 8.29. The molecule has 2 N–H and O–H groups in total. The minimum atomic E-state index is 0.885. The molecule has 3 aromatic carbocycles. The average molecular weight is 424 g/mol. The van der Waals surface area contributed by atoms with Gasteiger partial charge in [0, 0.05) is 37.6 Å². The number of hydrogen-bond acceptors (Lipinski definition) is 6. The van der Waals surface area contributed by atoms with Crippen molar-refractivity contribution < 1.29 is 9.47 Å². The molecular formula is C24H29N3O2S. The van der Waals surface area contributed by atoms with E-state index in [0.717, 1.165) is 50.6 Å². The summed E-state index contributed by atoms with van der Waals surface area (Å²) in [5.41, 5.74) is 2.50. The van der Waals surface area contributed by atoms with Crippen LogP contribution < -0.4 is 24.4 Å². The molecule has 0 bridgehead atoms. The van der Waals surface area contributed by atoms with Crippen LogP contribution in [0.25, 0.3) is 10.8 Å². The number of nitrogens with one attached hydrogen (secondary N) is 2. The van der Waals surface area contributed by atoms with Gasteiger partial charge in [-0.2, -0.15) is 0 Å². The number of ether oxygens (including phenoxy) is 2. The lowest BCUT2D eigenvalue weighted by molar-refractivity contribution is 0.412. The Kier molecular flexibility index (Phi) is 7.00. The molecule has 30 heavy (non-hydrogen) atoms. The van der Waals surface area contributed by atoms with Crippen LogP contribution in [0, 0.1) is 0 Å². The predicted octanol–water partition coefficient (Wildman–Crippen LogP) is 4.11. The molecule has 3 aromatic rings. The van der Waals surface area contributed by atoms with Crippen LogP contribution in [0.5, 0.6) is 11.5 Å². The van der Waals surface area contributed by atoms with Gasteiger partial charge in [-0.1, -0.05) is 24.3 Å².